The van der Waals surface area contributed by atoms with Gasteiger partial charge in [-0.1, -0.05) is 0 Å². The fourth-order valence-corrected chi connectivity index (χ4v) is 1.98. The molecule has 0 bridgehead atoms. The van der Waals surface area contributed by atoms with Crippen LogP contribution in [0, 0.1) is 5.92 Å². The van der Waals surface area contributed by atoms with Crippen LogP contribution in [0.25, 0.3) is 0 Å². The lowest BCUT2D eigenvalue weighted by Crippen LogP contribution is -2.48. The Labute approximate surface area is 96.4 Å². The van der Waals surface area contributed by atoms with Crippen molar-refractivity contribution in [3.8, 4) is 0 Å². The molecule has 1 rings (SSSR count). The average Bonchev–Trinajstić information content (AvgIpc) is 2.25. The zero-order valence-corrected chi connectivity index (χ0v) is 10.0. The number of amides is 2. The minimum absolute atomic E-state index is 0.00417. The quantitative estimate of drug-likeness (QED) is 0.693. The molecule has 0 aromatic rings. The number of piperidine rings is 1. The van der Waals surface area contributed by atoms with Crippen molar-refractivity contribution in [2.24, 2.45) is 11.7 Å². The third-order valence-electron chi connectivity index (χ3n) is 2.88. The molecule has 0 aromatic heterocycles. The van der Waals surface area contributed by atoms with Gasteiger partial charge in [0.05, 0.1) is 12.5 Å². The van der Waals surface area contributed by atoms with E-state index in [2.05, 4.69) is 5.32 Å². The van der Waals surface area contributed by atoms with Crippen LogP contribution in [-0.4, -0.2) is 42.4 Å². The van der Waals surface area contributed by atoms with Gasteiger partial charge in [0.25, 0.3) is 0 Å². The maximum Gasteiger partial charge on any atom is 0.237 e. The summed E-state index contributed by atoms with van der Waals surface area (Å²) < 4.78 is 0. The number of hydrogen-bond donors (Lipinski definition) is 2. The molecule has 0 saturated carbocycles. The van der Waals surface area contributed by atoms with Gasteiger partial charge in [0.2, 0.25) is 11.8 Å². The van der Waals surface area contributed by atoms with Gasteiger partial charge < -0.3 is 16.0 Å². The highest BCUT2D eigenvalue weighted by molar-refractivity contribution is 5.85. The number of rotatable bonds is 4. The topological polar surface area (TPSA) is 75.4 Å². The maximum absolute atomic E-state index is 12.2. The van der Waals surface area contributed by atoms with Gasteiger partial charge in [0.15, 0.2) is 0 Å². The molecule has 1 fully saturated rings. The average molecular weight is 227 g/mol. The summed E-state index contributed by atoms with van der Waals surface area (Å²) in [5, 5.41) is 3.20. The van der Waals surface area contributed by atoms with Crippen LogP contribution in [0.15, 0.2) is 0 Å². The summed E-state index contributed by atoms with van der Waals surface area (Å²) in [7, 11) is 0. The Kier molecular flexibility index (Phi) is 4.73. The number of hydrogen-bond acceptors (Lipinski definition) is 3. The molecule has 16 heavy (non-hydrogen) atoms. The van der Waals surface area contributed by atoms with Crippen LogP contribution in [0.2, 0.25) is 0 Å². The van der Waals surface area contributed by atoms with Crippen LogP contribution < -0.4 is 11.1 Å². The lowest BCUT2D eigenvalue weighted by molar-refractivity contribution is -0.141. The molecule has 5 nitrogen and oxygen atoms in total. The third-order valence-corrected chi connectivity index (χ3v) is 2.88. The third kappa shape index (κ3) is 3.48. The molecule has 5 heteroatoms. The Morgan fingerprint density at radius 2 is 2.19 bits per heavy atom. The Balaban J connectivity index is 2.61. The predicted molar refractivity (Wildman–Crippen MR) is 61.6 cm³/mol. The molecular formula is C11H21N3O2. The van der Waals surface area contributed by atoms with E-state index in [1.807, 2.05) is 13.8 Å². The second-order valence-corrected chi connectivity index (χ2v) is 4.57. The van der Waals surface area contributed by atoms with E-state index in [4.69, 9.17) is 5.73 Å². The summed E-state index contributed by atoms with van der Waals surface area (Å²) in [6, 6.07) is 0.0157. The van der Waals surface area contributed by atoms with E-state index in [1.54, 1.807) is 4.90 Å². The summed E-state index contributed by atoms with van der Waals surface area (Å²) in [5.41, 5.74) is 5.15. The monoisotopic (exact) mass is 227 g/mol. The van der Waals surface area contributed by atoms with Gasteiger partial charge in [0.1, 0.15) is 0 Å². The summed E-state index contributed by atoms with van der Waals surface area (Å²) in [6.07, 6.45) is 1.91. The minimum atomic E-state index is -0.453. The van der Waals surface area contributed by atoms with Crippen molar-refractivity contribution in [2.45, 2.75) is 32.7 Å². The zero-order valence-electron chi connectivity index (χ0n) is 10.0. The van der Waals surface area contributed by atoms with Crippen LogP contribution in [0.3, 0.4) is 0 Å². The molecule has 92 valence electrons. The van der Waals surface area contributed by atoms with Crippen LogP contribution in [0.5, 0.6) is 0 Å². The molecule has 0 aromatic carbocycles. The molecule has 0 aliphatic carbocycles. The molecule has 0 radical (unpaired) electrons. The summed E-state index contributed by atoms with van der Waals surface area (Å²) >= 11 is 0. The number of carbonyl (C=O) groups excluding carboxylic acids is 2. The van der Waals surface area contributed by atoms with Crippen molar-refractivity contribution >= 4 is 11.8 Å². The number of nitrogens with two attached hydrogens (primary N) is 1. The minimum Gasteiger partial charge on any atom is -0.368 e. The first-order valence-electron chi connectivity index (χ1n) is 5.82. The molecular weight excluding hydrogens is 206 g/mol. The zero-order chi connectivity index (χ0) is 12.1. The standard InChI is InChI=1S/C11H21N3O2/c1-8(2)14(7-10(12)15)11(16)9-4-3-5-13-6-9/h8-9,13H,3-7H2,1-2H3,(H2,12,15)/t9-/m1/s1. The molecule has 2 amide bonds. The molecule has 1 aliphatic rings. The van der Waals surface area contributed by atoms with E-state index in [1.165, 1.54) is 0 Å². The van der Waals surface area contributed by atoms with Gasteiger partial charge in [-0.05, 0) is 33.2 Å². The predicted octanol–water partition coefficient (Wildman–Crippen LogP) is -0.292. The highest BCUT2D eigenvalue weighted by Crippen LogP contribution is 2.14. The molecule has 3 N–H and O–H groups in total. The fourth-order valence-electron chi connectivity index (χ4n) is 1.98. The summed E-state index contributed by atoms with van der Waals surface area (Å²) in [5.74, 6) is -0.415. The summed E-state index contributed by atoms with van der Waals surface area (Å²) in [4.78, 5) is 24.6. The highest BCUT2D eigenvalue weighted by Gasteiger charge is 2.28. The van der Waals surface area contributed by atoms with E-state index in [0.29, 0.717) is 6.54 Å². The molecule has 1 heterocycles. The van der Waals surface area contributed by atoms with E-state index in [0.717, 1.165) is 19.4 Å². The Bertz CT molecular complexity index is 260. The van der Waals surface area contributed by atoms with Crippen LogP contribution >= 0.6 is 0 Å². The Hall–Kier alpha value is -1.10. The van der Waals surface area contributed by atoms with Crippen LogP contribution in [0.1, 0.15) is 26.7 Å². The second-order valence-electron chi connectivity index (χ2n) is 4.57. The lowest BCUT2D eigenvalue weighted by Gasteiger charge is -2.31. The van der Waals surface area contributed by atoms with Gasteiger partial charge in [-0.2, -0.15) is 0 Å². The van der Waals surface area contributed by atoms with Crippen molar-refractivity contribution in [1.82, 2.24) is 10.2 Å². The SMILES string of the molecule is CC(C)N(CC(N)=O)C(=O)[C@@H]1CCCNC1. The highest BCUT2D eigenvalue weighted by atomic mass is 16.2. The number of primary amides is 1. The smallest absolute Gasteiger partial charge is 0.237 e. The van der Waals surface area contributed by atoms with Crippen LogP contribution in [-0.2, 0) is 9.59 Å². The van der Waals surface area contributed by atoms with Crippen LogP contribution in [0.4, 0.5) is 0 Å². The van der Waals surface area contributed by atoms with E-state index in [9.17, 15) is 9.59 Å². The number of nitrogens with zero attached hydrogens (tertiary/aromatic N) is 1. The maximum atomic E-state index is 12.2. The van der Waals surface area contributed by atoms with E-state index in [-0.39, 0.29) is 24.4 Å². The summed E-state index contributed by atoms with van der Waals surface area (Å²) in [6.45, 7) is 5.50. The molecule has 1 saturated heterocycles. The molecule has 0 unspecified atom stereocenters. The Morgan fingerprint density at radius 1 is 1.50 bits per heavy atom. The van der Waals surface area contributed by atoms with Gasteiger partial charge >= 0.3 is 0 Å². The first kappa shape index (κ1) is 13.0. The number of nitrogens with one attached hydrogen (secondary N) is 1. The molecule has 1 aliphatic heterocycles. The molecule has 1 atom stereocenters. The van der Waals surface area contributed by atoms with Crippen molar-refractivity contribution < 1.29 is 9.59 Å². The number of carbonyl (C=O) groups is 2. The molecule has 0 spiro atoms. The lowest BCUT2D eigenvalue weighted by atomic mass is 9.97. The Morgan fingerprint density at radius 3 is 2.62 bits per heavy atom. The van der Waals surface area contributed by atoms with Gasteiger partial charge in [-0.25, -0.2) is 0 Å². The van der Waals surface area contributed by atoms with E-state index >= 15 is 0 Å². The van der Waals surface area contributed by atoms with Gasteiger partial charge in [0, 0.05) is 12.6 Å². The van der Waals surface area contributed by atoms with E-state index < -0.39 is 5.91 Å². The second kappa shape index (κ2) is 5.84. The normalized spacial score (nSPS) is 20.8. The van der Waals surface area contributed by atoms with Crippen molar-refractivity contribution in [3.63, 3.8) is 0 Å². The van der Waals surface area contributed by atoms with Crippen molar-refractivity contribution in [3.05, 3.63) is 0 Å². The first-order valence-corrected chi connectivity index (χ1v) is 5.82. The van der Waals surface area contributed by atoms with Crippen molar-refractivity contribution in [2.75, 3.05) is 19.6 Å². The fraction of sp³-hybridized carbons (Fsp3) is 0.818. The van der Waals surface area contributed by atoms with Gasteiger partial charge in [-0.3, -0.25) is 9.59 Å². The first-order chi connectivity index (χ1) is 7.52. The van der Waals surface area contributed by atoms with Gasteiger partial charge in [-0.15, -0.1) is 0 Å². The largest absolute Gasteiger partial charge is 0.368 e. The van der Waals surface area contributed by atoms with Crippen molar-refractivity contribution in [1.29, 1.82) is 0 Å².